The Morgan fingerprint density at radius 3 is 2.62 bits per heavy atom. The van der Waals surface area contributed by atoms with Gasteiger partial charge in [0.05, 0.1) is 25.2 Å². The number of rotatable bonds is 7. The molecule has 0 saturated carbocycles. The molecule has 0 spiro atoms. The second-order valence-corrected chi connectivity index (χ2v) is 8.04. The van der Waals surface area contributed by atoms with Gasteiger partial charge in [0.1, 0.15) is 28.8 Å². The van der Waals surface area contributed by atoms with Crippen LogP contribution in [-0.4, -0.2) is 31.8 Å². The molecule has 0 saturated heterocycles. The largest absolute Gasteiger partial charge is 0.497 e. The molecule has 0 aliphatic rings. The first kappa shape index (κ1) is 20.1. The van der Waals surface area contributed by atoms with Crippen molar-refractivity contribution in [2.45, 2.75) is 16.6 Å². The molecule has 0 aliphatic carbocycles. The van der Waals surface area contributed by atoms with Gasteiger partial charge in [-0.2, -0.15) is 5.10 Å². The predicted molar refractivity (Wildman–Crippen MR) is 122 cm³/mol. The van der Waals surface area contributed by atoms with E-state index in [0.29, 0.717) is 23.2 Å². The topological polar surface area (TPSA) is 80.7 Å². The molecule has 9 heteroatoms. The number of nitrogens with zero attached hydrogens (tertiary/aromatic N) is 4. The van der Waals surface area contributed by atoms with E-state index in [0.717, 1.165) is 27.4 Å². The van der Waals surface area contributed by atoms with Crippen LogP contribution in [0, 0.1) is 5.82 Å². The van der Waals surface area contributed by atoms with E-state index in [1.165, 1.54) is 23.9 Å². The Morgan fingerprint density at radius 2 is 1.84 bits per heavy atom. The zero-order valence-electron chi connectivity index (χ0n) is 17.1. The van der Waals surface area contributed by atoms with Crippen molar-refractivity contribution in [3.63, 3.8) is 0 Å². The minimum atomic E-state index is -0.275. The normalized spacial score (nSPS) is 11.1. The average Bonchev–Trinajstić information content (AvgIpc) is 3.45. The molecule has 160 valence electrons. The zero-order chi connectivity index (χ0) is 21.9. The standard InChI is InChI=1S/C23H19FN6OS/c1-31-17-6-2-15(3-7-17)14-30-20(11-13-26-30)27-22-19-10-12-25-21(19)28-23(29-22)32-18-8-4-16(24)5-9-18/h2-13H,14H2,1H3,(H2,25,27,28,29). The van der Waals surface area contributed by atoms with Gasteiger partial charge in [-0.05, 0) is 59.8 Å². The number of halogens is 1. The summed E-state index contributed by atoms with van der Waals surface area (Å²) in [6.45, 7) is 0.595. The van der Waals surface area contributed by atoms with Crippen LogP contribution in [0.2, 0.25) is 0 Å². The molecule has 0 radical (unpaired) electrons. The van der Waals surface area contributed by atoms with Crippen LogP contribution >= 0.6 is 11.8 Å². The number of aromatic amines is 1. The van der Waals surface area contributed by atoms with E-state index in [9.17, 15) is 4.39 Å². The molecule has 2 aromatic carbocycles. The van der Waals surface area contributed by atoms with Gasteiger partial charge in [0.25, 0.3) is 0 Å². The summed E-state index contributed by atoms with van der Waals surface area (Å²) in [6.07, 6.45) is 3.57. The minimum absolute atomic E-state index is 0.275. The number of hydrogen-bond acceptors (Lipinski definition) is 6. The van der Waals surface area contributed by atoms with Crippen LogP contribution in [-0.2, 0) is 6.54 Å². The van der Waals surface area contributed by atoms with Gasteiger partial charge in [-0.25, -0.2) is 19.0 Å². The van der Waals surface area contributed by atoms with Crippen LogP contribution in [0.4, 0.5) is 16.0 Å². The van der Waals surface area contributed by atoms with Gasteiger partial charge in [-0.15, -0.1) is 0 Å². The van der Waals surface area contributed by atoms with Crippen LogP contribution in [0.1, 0.15) is 5.56 Å². The number of fused-ring (bicyclic) bond motifs is 1. The molecule has 0 unspecified atom stereocenters. The van der Waals surface area contributed by atoms with Gasteiger partial charge in [0.15, 0.2) is 5.16 Å². The van der Waals surface area contributed by atoms with E-state index in [4.69, 9.17) is 9.72 Å². The SMILES string of the molecule is COc1ccc(Cn2nccc2Nc2nc(Sc3ccc(F)cc3)nc3[nH]ccc23)cc1. The second kappa shape index (κ2) is 8.72. The first-order valence-electron chi connectivity index (χ1n) is 9.88. The summed E-state index contributed by atoms with van der Waals surface area (Å²) < 4.78 is 20.3. The lowest BCUT2D eigenvalue weighted by molar-refractivity contribution is 0.414. The molecule has 0 bridgehead atoms. The summed E-state index contributed by atoms with van der Waals surface area (Å²) in [5, 5.41) is 9.26. The van der Waals surface area contributed by atoms with Gasteiger partial charge in [0, 0.05) is 17.2 Å². The van der Waals surface area contributed by atoms with E-state index < -0.39 is 0 Å². The minimum Gasteiger partial charge on any atom is -0.497 e. The van der Waals surface area contributed by atoms with Crippen molar-refractivity contribution < 1.29 is 9.13 Å². The molecule has 0 aliphatic heterocycles. The third-order valence-corrected chi connectivity index (χ3v) is 5.75. The summed E-state index contributed by atoms with van der Waals surface area (Å²) in [4.78, 5) is 13.3. The highest BCUT2D eigenvalue weighted by Crippen LogP contribution is 2.30. The summed E-state index contributed by atoms with van der Waals surface area (Å²) >= 11 is 1.37. The molecule has 2 N–H and O–H groups in total. The van der Waals surface area contributed by atoms with Crippen molar-refractivity contribution in [2.75, 3.05) is 12.4 Å². The zero-order valence-corrected chi connectivity index (χ0v) is 17.9. The highest BCUT2D eigenvalue weighted by atomic mass is 32.2. The van der Waals surface area contributed by atoms with Crippen molar-refractivity contribution in [1.82, 2.24) is 24.7 Å². The molecule has 32 heavy (non-hydrogen) atoms. The smallest absolute Gasteiger partial charge is 0.196 e. The molecule has 0 atom stereocenters. The maximum atomic E-state index is 13.2. The van der Waals surface area contributed by atoms with Crippen molar-refractivity contribution in [1.29, 1.82) is 0 Å². The summed E-state index contributed by atoms with van der Waals surface area (Å²) in [6, 6.07) is 18.0. The third kappa shape index (κ3) is 4.28. The number of nitrogens with one attached hydrogen (secondary N) is 2. The molecule has 5 rings (SSSR count). The Hall–Kier alpha value is -3.85. The molecule has 0 fully saturated rings. The Labute approximate surface area is 187 Å². The van der Waals surface area contributed by atoms with Gasteiger partial charge in [-0.3, -0.25) is 0 Å². The van der Waals surface area contributed by atoms with Crippen LogP contribution in [0.5, 0.6) is 5.75 Å². The van der Waals surface area contributed by atoms with Crippen LogP contribution in [0.15, 0.2) is 83.1 Å². The average molecular weight is 447 g/mol. The van der Waals surface area contributed by atoms with Crippen molar-refractivity contribution in [2.24, 2.45) is 0 Å². The van der Waals surface area contributed by atoms with Crippen molar-refractivity contribution in [3.8, 4) is 5.75 Å². The number of benzene rings is 2. The van der Waals surface area contributed by atoms with Gasteiger partial charge >= 0.3 is 0 Å². The van der Waals surface area contributed by atoms with Crippen molar-refractivity contribution in [3.05, 3.63) is 84.4 Å². The number of anilines is 2. The first-order valence-corrected chi connectivity index (χ1v) is 10.7. The number of H-pyrrole nitrogens is 1. The Bertz CT molecular complexity index is 1350. The van der Waals surface area contributed by atoms with E-state index in [1.54, 1.807) is 25.4 Å². The summed E-state index contributed by atoms with van der Waals surface area (Å²) in [7, 11) is 1.65. The van der Waals surface area contributed by atoms with E-state index in [1.807, 2.05) is 47.3 Å². The number of hydrogen-bond donors (Lipinski definition) is 2. The molecular formula is C23H19FN6OS. The monoisotopic (exact) mass is 446 g/mol. The predicted octanol–water partition coefficient (Wildman–Crippen LogP) is 5.25. The van der Waals surface area contributed by atoms with Gasteiger partial charge in [-0.1, -0.05) is 12.1 Å². The molecule has 3 aromatic heterocycles. The van der Waals surface area contributed by atoms with Crippen LogP contribution in [0.25, 0.3) is 11.0 Å². The lowest BCUT2D eigenvalue weighted by Crippen LogP contribution is -2.07. The molecule has 0 amide bonds. The summed E-state index contributed by atoms with van der Waals surface area (Å²) in [5.74, 6) is 2.01. The summed E-state index contributed by atoms with van der Waals surface area (Å²) in [5.41, 5.74) is 1.81. The van der Waals surface area contributed by atoms with E-state index in [2.05, 4.69) is 20.4 Å². The Kier molecular flexibility index (Phi) is 5.47. The molecule has 5 aromatic rings. The Morgan fingerprint density at radius 1 is 1.03 bits per heavy atom. The highest BCUT2D eigenvalue weighted by Gasteiger charge is 2.13. The fourth-order valence-corrected chi connectivity index (χ4v) is 4.02. The Balaban J connectivity index is 1.42. The van der Waals surface area contributed by atoms with Crippen LogP contribution in [0.3, 0.4) is 0 Å². The van der Waals surface area contributed by atoms with Crippen molar-refractivity contribution >= 4 is 34.4 Å². The molecule has 3 heterocycles. The molecule has 7 nitrogen and oxygen atoms in total. The first-order chi connectivity index (χ1) is 15.7. The fraction of sp³-hybridized carbons (Fsp3) is 0.0870. The maximum Gasteiger partial charge on any atom is 0.196 e. The second-order valence-electron chi connectivity index (χ2n) is 7.00. The number of ether oxygens (including phenoxy) is 1. The third-order valence-electron chi connectivity index (χ3n) is 4.87. The van der Waals surface area contributed by atoms with E-state index in [-0.39, 0.29) is 5.82 Å². The van der Waals surface area contributed by atoms with Crippen LogP contribution < -0.4 is 10.1 Å². The van der Waals surface area contributed by atoms with E-state index >= 15 is 0 Å². The van der Waals surface area contributed by atoms with Gasteiger partial charge in [0.2, 0.25) is 0 Å². The number of aromatic nitrogens is 5. The lowest BCUT2D eigenvalue weighted by Gasteiger charge is -2.11. The quantitative estimate of drug-likeness (QED) is 0.333. The number of methoxy groups -OCH3 is 1. The van der Waals surface area contributed by atoms with Gasteiger partial charge < -0.3 is 15.0 Å². The fourth-order valence-electron chi connectivity index (χ4n) is 3.26. The lowest BCUT2D eigenvalue weighted by atomic mass is 10.2. The highest BCUT2D eigenvalue weighted by molar-refractivity contribution is 7.99. The maximum absolute atomic E-state index is 13.2. The molecular weight excluding hydrogens is 427 g/mol.